The molecule has 4 aromatic carbocycles. The maximum absolute atomic E-state index is 9.30. The quantitative estimate of drug-likeness (QED) is 0.0368. The van der Waals surface area contributed by atoms with E-state index in [0.29, 0.717) is 19.8 Å². The summed E-state index contributed by atoms with van der Waals surface area (Å²) in [6, 6.07) is 61.7. The Labute approximate surface area is 593 Å². The monoisotopic (exact) mass is 1400 g/mol. The largest absolute Gasteiger partial charge is 0.772 e. The van der Waals surface area contributed by atoms with E-state index in [0.717, 1.165) is 126 Å². The van der Waals surface area contributed by atoms with E-state index in [1.54, 1.807) is 37.1 Å². The van der Waals surface area contributed by atoms with Gasteiger partial charge in [-0.1, -0.05) is 114 Å². The maximum Gasteiger partial charge on any atom is 0.772 e. The van der Waals surface area contributed by atoms with Crippen molar-refractivity contribution in [3.05, 3.63) is 291 Å². The molecule has 0 aliphatic carbocycles. The van der Waals surface area contributed by atoms with Gasteiger partial charge in [-0.05, 0) is 52.7 Å². The molecule has 0 spiro atoms. The third-order valence-electron chi connectivity index (χ3n) is 17.5. The molecule has 14 aromatic rings. The summed E-state index contributed by atoms with van der Waals surface area (Å²) in [4.78, 5) is 6.34. The Kier molecular flexibility index (Phi) is 19.0. The Bertz CT molecular complexity index is 5380. The standard InChI is InChI=1S/C21H18BN3O3.C15H14BN3O3.C15H13BN3O3.C9H9BN3O3.C9H10BN3O3/c26-22(27)28-25-13-7-12-18-14-23-20(17-10-5-2-6-11-17)19(15-24(23)21(18)25)16-8-3-1-4-9-16;20-16(21)22-19-8-4-5-12-9-18-11-17(10-14(18)15(12)19)13-6-2-1-3-7-13;20-16(21)22-19-8-4-7-12-10-18-13(9-17-15(18)14(12)19)11-5-2-1-3-6-11;14-10(15)16-13-4-1-2-7-6-12-5-3-11-9(12)8(7)13;14-10(15)16-13-6-5-12-7-11-4-2-1-3-8(11)9(12)13/h1-13,15,26-27H,14H2;1-8,10-11,20-21H,9H2;1-9,20-21H,10H2;1-5,14-15H,6H2;1-6,14-15H,7H2/q2*+2;2*+1;+2/p+2. The fraction of sp³-hybridized carbons (Fsp3) is 0.0725. The summed E-state index contributed by atoms with van der Waals surface area (Å²) in [6.07, 6.45) is 23.8. The molecule has 0 saturated heterocycles. The summed E-state index contributed by atoms with van der Waals surface area (Å²) >= 11 is 0. The van der Waals surface area contributed by atoms with Gasteiger partial charge < -0.3 is 55.0 Å². The minimum atomic E-state index is -1.90. The lowest BCUT2D eigenvalue weighted by molar-refractivity contribution is -0.922. The van der Waals surface area contributed by atoms with E-state index in [-0.39, 0.29) is 0 Å². The van der Waals surface area contributed by atoms with Gasteiger partial charge in [0, 0.05) is 61.7 Å². The molecule has 0 radical (unpaired) electrons. The van der Waals surface area contributed by atoms with Crippen molar-refractivity contribution >= 4 is 36.6 Å². The topological polar surface area (TPSA) is 334 Å². The van der Waals surface area contributed by atoms with Crippen molar-refractivity contribution < 1.29 is 120 Å². The third-order valence-corrected chi connectivity index (χ3v) is 17.5. The van der Waals surface area contributed by atoms with E-state index < -0.39 is 36.6 Å². The molecule has 10 aromatic heterocycles. The van der Waals surface area contributed by atoms with Crippen LogP contribution in [0.3, 0.4) is 0 Å². The molecule has 512 valence electrons. The molecule has 19 rings (SSSR count). The molecule has 35 heteroatoms. The first-order chi connectivity index (χ1) is 50.7. The summed E-state index contributed by atoms with van der Waals surface area (Å²) in [5.41, 5.74) is 16.2. The van der Waals surface area contributed by atoms with E-state index in [1.807, 2.05) is 212 Å². The SMILES string of the molecule is OB(O)O[n+]1cccc2c1-[n+]1cc(-c3ccccc3)c(-c3ccccc3)n1C2.OB(O)O[n+]1cccc2c1-c1[nH]cc(-c3ccccc3)[n+]1C2.OB(O)O[n+]1cccc2c1-c1[nH]cc[n+]1C2.OB(O)O[n+]1cccc2c1-c1cn(-c3ccccc3)c[n+]1C2.OB(O)On1cc[n+]2c1-c1cccc[n+]1C2. The number of H-pyrrole nitrogens is 2. The number of benzene rings is 4. The fourth-order valence-electron chi connectivity index (χ4n) is 13.5. The minimum absolute atomic E-state index is 0.651. The molecular weight excluding hydrogens is 1330 g/mol. The average molecular weight is 1400 g/mol. The van der Waals surface area contributed by atoms with Gasteiger partial charge in [-0.2, -0.15) is 9.13 Å². The molecule has 104 heavy (non-hydrogen) atoms. The molecule has 30 nitrogen and oxygen atoms in total. The van der Waals surface area contributed by atoms with Crippen LogP contribution in [0.2, 0.25) is 0 Å². The lowest BCUT2D eigenvalue weighted by Gasteiger charge is -2.04. The van der Waals surface area contributed by atoms with Crippen LogP contribution in [0.25, 0.3) is 91.1 Å². The molecule has 15 heterocycles. The first kappa shape index (κ1) is 67.4. The van der Waals surface area contributed by atoms with Gasteiger partial charge in [-0.25, -0.2) is 28.2 Å². The molecule has 0 amide bonds. The van der Waals surface area contributed by atoms with Crippen LogP contribution in [-0.4, -0.2) is 111 Å². The number of rotatable bonds is 14. The van der Waals surface area contributed by atoms with Crippen LogP contribution in [0.15, 0.2) is 269 Å². The number of hydrogen-bond acceptors (Lipinski definition) is 15. The first-order valence-corrected chi connectivity index (χ1v) is 32.8. The summed E-state index contributed by atoms with van der Waals surface area (Å²) in [7, 11) is -9.28. The Balaban J connectivity index is 0.000000106. The number of imidazole rings is 4. The van der Waals surface area contributed by atoms with Gasteiger partial charge in [0.15, 0.2) is 18.1 Å². The van der Waals surface area contributed by atoms with Crippen LogP contribution in [0.1, 0.15) is 22.3 Å². The fourth-order valence-corrected chi connectivity index (χ4v) is 13.5. The summed E-state index contributed by atoms with van der Waals surface area (Å²) < 4.78 is 48.3. The van der Waals surface area contributed by atoms with E-state index in [1.165, 1.54) is 23.7 Å². The zero-order valence-electron chi connectivity index (χ0n) is 55.2. The maximum atomic E-state index is 9.30. The zero-order valence-corrected chi connectivity index (χ0v) is 55.2. The van der Waals surface area contributed by atoms with Crippen molar-refractivity contribution in [3.8, 4) is 91.1 Å². The normalized spacial score (nSPS) is 11.9. The van der Waals surface area contributed by atoms with E-state index in [4.69, 9.17) is 64.0 Å². The molecule has 0 saturated carbocycles. The van der Waals surface area contributed by atoms with Crippen molar-refractivity contribution in [1.82, 2.24) is 23.9 Å². The number of hydrogen-bond donors (Lipinski definition) is 12. The highest BCUT2D eigenvalue weighted by Crippen LogP contribution is 2.35. The van der Waals surface area contributed by atoms with Crippen LogP contribution < -0.4 is 70.2 Å². The van der Waals surface area contributed by atoms with E-state index in [2.05, 4.69) is 66.4 Å². The Morgan fingerprint density at radius 2 is 0.952 bits per heavy atom. The smallest absolute Gasteiger partial charge is 0.388 e. The van der Waals surface area contributed by atoms with Crippen LogP contribution in [0, 0.1) is 0 Å². The van der Waals surface area contributed by atoms with Gasteiger partial charge in [0.1, 0.15) is 74.1 Å². The highest BCUT2D eigenvalue weighted by molar-refractivity contribution is 6.33. The van der Waals surface area contributed by atoms with Crippen molar-refractivity contribution in [2.75, 3.05) is 0 Å². The second-order valence-corrected chi connectivity index (χ2v) is 24.0. The lowest BCUT2D eigenvalue weighted by atomic mass is 10.0. The summed E-state index contributed by atoms with van der Waals surface area (Å²) in [5, 5.41) is 90.1. The second-order valence-electron chi connectivity index (χ2n) is 24.0. The van der Waals surface area contributed by atoms with Gasteiger partial charge in [0.05, 0.1) is 27.0 Å². The Hall–Kier alpha value is -12.4. The Morgan fingerprint density at radius 3 is 1.59 bits per heavy atom. The number of aromatic amines is 2. The number of aromatic nitrogens is 15. The van der Waals surface area contributed by atoms with Crippen molar-refractivity contribution in [2.24, 2.45) is 0 Å². The van der Waals surface area contributed by atoms with Crippen molar-refractivity contribution in [1.29, 1.82) is 0 Å². The number of fused-ring (bicyclic) bond motifs is 15. The molecule has 12 N–H and O–H groups in total. The second kappa shape index (κ2) is 29.3. The van der Waals surface area contributed by atoms with Crippen LogP contribution in [-0.2, 0) is 32.8 Å². The molecule has 5 aliphatic rings. The number of nitrogens with zero attached hydrogens (tertiary/aromatic N) is 13. The molecule has 0 fully saturated rings. The molecule has 5 aliphatic heterocycles. The first-order valence-electron chi connectivity index (χ1n) is 32.8. The number of nitrogens with one attached hydrogen (secondary N) is 2. The highest BCUT2D eigenvalue weighted by Gasteiger charge is 2.46. The average Bonchev–Trinajstić information content (AvgIpc) is 1.60. The van der Waals surface area contributed by atoms with Gasteiger partial charge in [-0.3, -0.25) is 19.0 Å². The number of pyridine rings is 5. The van der Waals surface area contributed by atoms with E-state index >= 15 is 0 Å². The molecule has 0 bridgehead atoms. The number of para-hydroxylation sites is 1. The van der Waals surface area contributed by atoms with Crippen molar-refractivity contribution in [2.45, 2.75) is 32.8 Å². The van der Waals surface area contributed by atoms with Gasteiger partial charge >= 0.3 is 82.7 Å². The van der Waals surface area contributed by atoms with Crippen LogP contribution in [0.4, 0.5) is 0 Å². The van der Waals surface area contributed by atoms with Gasteiger partial charge in [0.2, 0.25) is 43.0 Å². The molecular formula is C69H66B5N15O15+10. The third kappa shape index (κ3) is 13.7. The Morgan fingerprint density at radius 1 is 0.413 bits per heavy atom. The minimum Gasteiger partial charge on any atom is -0.388 e. The summed E-state index contributed by atoms with van der Waals surface area (Å²) in [6.45, 7) is 3.52. The van der Waals surface area contributed by atoms with Gasteiger partial charge in [-0.15, -0.1) is 4.68 Å². The van der Waals surface area contributed by atoms with Gasteiger partial charge in [0.25, 0.3) is 6.67 Å². The van der Waals surface area contributed by atoms with Crippen molar-refractivity contribution in [3.63, 3.8) is 0 Å². The van der Waals surface area contributed by atoms with Crippen LogP contribution >= 0.6 is 0 Å². The van der Waals surface area contributed by atoms with Crippen LogP contribution in [0.5, 0.6) is 0 Å². The summed E-state index contributed by atoms with van der Waals surface area (Å²) in [5.74, 6) is 3.29. The predicted molar refractivity (Wildman–Crippen MR) is 363 cm³/mol. The lowest BCUT2D eigenvalue weighted by Crippen LogP contribution is -2.58. The molecule has 0 atom stereocenters. The molecule has 0 unspecified atom stereocenters. The zero-order chi connectivity index (χ0) is 71.5. The highest BCUT2D eigenvalue weighted by atomic mass is 16.8. The predicted octanol–water partition coefficient (Wildman–Crippen LogP) is -3.73. The van der Waals surface area contributed by atoms with E-state index in [9.17, 15) is 10.0 Å².